The number of hydrogen-bond donors (Lipinski definition) is 1. The van der Waals surface area contributed by atoms with Crippen molar-refractivity contribution in [1.29, 1.82) is 0 Å². The molecule has 1 amide bonds. The van der Waals surface area contributed by atoms with Gasteiger partial charge >= 0.3 is 0 Å². The van der Waals surface area contributed by atoms with Gasteiger partial charge in [-0.1, -0.05) is 41.9 Å². The Morgan fingerprint density at radius 3 is 2.64 bits per heavy atom. The highest BCUT2D eigenvalue weighted by Crippen LogP contribution is 2.25. The summed E-state index contributed by atoms with van der Waals surface area (Å²) >= 11 is 5.85. The molecule has 0 unspecified atom stereocenters. The van der Waals surface area contributed by atoms with Crippen molar-refractivity contribution in [1.82, 2.24) is 15.1 Å². The Bertz CT molecular complexity index is 819. The molecule has 0 spiro atoms. The van der Waals surface area contributed by atoms with E-state index < -0.39 is 17.5 Å². The lowest BCUT2D eigenvalue weighted by Gasteiger charge is -2.40. The molecule has 0 bridgehead atoms. The molecular weight excluding hydrogens is 384 g/mol. The molecule has 3 rings (SSSR count). The molecule has 1 aliphatic rings. The van der Waals surface area contributed by atoms with Crippen molar-refractivity contribution in [3.8, 4) is 0 Å². The molecule has 1 N–H and O–H groups in total. The summed E-state index contributed by atoms with van der Waals surface area (Å²) in [6.07, 6.45) is 0.750. The summed E-state index contributed by atoms with van der Waals surface area (Å²) in [6, 6.07) is 12.4. The summed E-state index contributed by atoms with van der Waals surface area (Å²) in [5.74, 6) is -2.65. The minimum absolute atomic E-state index is 0.0534. The van der Waals surface area contributed by atoms with Crippen molar-refractivity contribution >= 4 is 17.5 Å². The maximum Gasteiger partial charge on any atom is 0.252 e. The summed E-state index contributed by atoms with van der Waals surface area (Å²) in [6.45, 7) is 4.18. The lowest BCUT2D eigenvalue weighted by Crippen LogP contribution is -2.47. The molecule has 0 saturated carbocycles. The van der Waals surface area contributed by atoms with E-state index in [2.05, 4.69) is 34.3 Å². The number of benzene rings is 2. The van der Waals surface area contributed by atoms with Crippen LogP contribution in [0.25, 0.3) is 0 Å². The number of hydrogen-bond acceptors (Lipinski definition) is 3. The molecule has 0 aliphatic carbocycles. The van der Waals surface area contributed by atoms with E-state index in [4.69, 9.17) is 11.6 Å². The van der Waals surface area contributed by atoms with Gasteiger partial charge in [0.1, 0.15) is 0 Å². The molecule has 1 heterocycles. The fourth-order valence-electron chi connectivity index (χ4n) is 3.49. The highest BCUT2D eigenvalue weighted by molar-refractivity contribution is 6.33. The molecular formula is C21H24ClF2N3O. The van der Waals surface area contributed by atoms with Crippen LogP contribution in [-0.2, 0) is 0 Å². The summed E-state index contributed by atoms with van der Waals surface area (Å²) < 4.78 is 26.5. The zero-order chi connectivity index (χ0) is 20.1. The van der Waals surface area contributed by atoms with Gasteiger partial charge in [-0.05, 0) is 31.2 Å². The summed E-state index contributed by atoms with van der Waals surface area (Å²) in [5.41, 5.74) is 1.23. The molecule has 28 heavy (non-hydrogen) atoms. The third kappa shape index (κ3) is 5.07. The van der Waals surface area contributed by atoms with Gasteiger partial charge in [-0.25, -0.2) is 8.78 Å². The topological polar surface area (TPSA) is 35.6 Å². The maximum atomic E-state index is 13.4. The molecule has 1 atom stereocenters. The lowest BCUT2D eigenvalue weighted by molar-refractivity contribution is 0.0865. The van der Waals surface area contributed by atoms with Gasteiger partial charge in [-0.2, -0.15) is 0 Å². The maximum absolute atomic E-state index is 13.4. The van der Waals surface area contributed by atoms with Crippen LogP contribution in [0, 0.1) is 11.6 Å². The number of carbonyl (C=O) groups is 1. The van der Waals surface area contributed by atoms with E-state index in [0.717, 1.165) is 44.7 Å². The van der Waals surface area contributed by atoms with Gasteiger partial charge in [0.05, 0.1) is 10.6 Å². The first-order valence-electron chi connectivity index (χ1n) is 9.36. The van der Waals surface area contributed by atoms with Crippen molar-refractivity contribution in [2.75, 3.05) is 39.8 Å². The Balaban J connectivity index is 1.54. The minimum atomic E-state index is -1.09. The number of carbonyl (C=O) groups excluding carboxylic acids is 1. The van der Waals surface area contributed by atoms with E-state index in [1.807, 2.05) is 18.2 Å². The number of likely N-dealkylation sites (N-methyl/N-ethyl adjacent to an activating group) is 1. The van der Waals surface area contributed by atoms with Crippen LogP contribution in [0.4, 0.5) is 8.78 Å². The molecule has 0 aromatic heterocycles. The summed E-state index contributed by atoms with van der Waals surface area (Å²) in [7, 11) is 2.12. The normalized spacial score (nSPS) is 18.2. The van der Waals surface area contributed by atoms with E-state index in [1.54, 1.807) is 0 Å². The quantitative estimate of drug-likeness (QED) is 0.585. The van der Waals surface area contributed by atoms with Crippen LogP contribution in [0.15, 0.2) is 42.5 Å². The first kappa shape index (κ1) is 20.7. The molecule has 1 fully saturated rings. The molecule has 7 heteroatoms. The van der Waals surface area contributed by atoms with Gasteiger partial charge in [0.2, 0.25) is 0 Å². The van der Waals surface area contributed by atoms with Gasteiger partial charge in [0.25, 0.3) is 5.91 Å². The lowest BCUT2D eigenvalue weighted by atomic mass is 10.0. The number of amides is 1. The van der Waals surface area contributed by atoms with E-state index in [9.17, 15) is 13.6 Å². The number of piperazine rings is 1. The van der Waals surface area contributed by atoms with Crippen LogP contribution in [0.3, 0.4) is 0 Å². The zero-order valence-corrected chi connectivity index (χ0v) is 16.6. The second-order valence-electron chi connectivity index (χ2n) is 7.08. The Morgan fingerprint density at radius 2 is 1.89 bits per heavy atom. The first-order valence-corrected chi connectivity index (χ1v) is 9.74. The standard InChI is InChI=1S/C21H24ClF2N3O/c1-26-10-11-27(20(14-26)15-6-3-2-4-7-15)9-5-8-25-21(28)16-12-18(23)19(24)13-17(16)22/h2-4,6-7,12-13,20H,5,8-11,14H2,1H3,(H,25,28)/t20-/m1/s1. The van der Waals surface area contributed by atoms with Crippen molar-refractivity contribution < 1.29 is 13.6 Å². The van der Waals surface area contributed by atoms with Crippen molar-refractivity contribution in [2.45, 2.75) is 12.5 Å². The second-order valence-corrected chi connectivity index (χ2v) is 7.49. The van der Waals surface area contributed by atoms with Crippen LogP contribution in [0.2, 0.25) is 5.02 Å². The van der Waals surface area contributed by atoms with E-state index in [-0.39, 0.29) is 10.6 Å². The molecule has 1 aliphatic heterocycles. The highest BCUT2D eigenvalue weighted by Gasteiger charge is 2.26. The highest BCUT2D eigenvalue weighted by atomic mass is 35.5. The Kier molecular flexibility index (Phi) is 6.99. The van der Waals surface area contributed by atoms with E-state index in [1.165, 1.54) is 5.56 Å². The molecule has 150 valence electrons. The van der Waals surface area contributed by atoms with E-state index in [0.29, 0.717) is 12.6 Å². The molecule has 0 radical (unpaired) electrons. The van der Waals surface area contributed by atoms with Gasteiger partial charge in [-0.3, -0.25) is 9.69 Å². The monoisotopic (exact) mass is 407 g/mol. The predicted molar refractivity (Wildman–Crippen MR) is 107 cm³/mol. The molecule has 1 saturated heterocycles. The summed E-state index contributed by atoms with van der Waals surface area (Å²) in [4.78, 5) is 16.9. The van der Waals surface area contributed by atoms with Crippen molar-refractivity contribution in [3.63, 3.8) is 0 Å². The van der Waals surface area contributed by atoms with Crippen molar-refractivity contribution in [3.05, 3.63) is 70.2 Å². The second kappa shape index (κ2) is 9.45. The predicted octanol–water partition coefficient (Wildman–Crippen LogP) is 3.73. The smallest absolute Gasteiger partial charge is 0.252 e. The minimum Gasteiger partial charge on any atom is -0.352 e. The van der Waals surface area contributed by atoms with Gasteiger partial charge in [-0.15, -0.1) is 0 Å². The summed E-state index contributed by atoms with van der Waals surface area (Å²) in [5, 5.41) is 2.64. The van der Waals surface area contributed by atoms with E-state index >= 15 is 0 Å². The number of rotatable bonds is 6. The fraction of sp³-hybridized carbons (Fsp3) is 0.381. The Morgan fingerprint density at radius 1 is 1.18 bits per heavy atom. The third-order valence-corrected chi connectivity index (χ3v) is 5.35. The van der Waals surface area contributed by atoms with Crippen LogP contribution in [0.1, 0.15) is 28.4 Å². The largest absolute Gasteiger partial charge is 0.352 e. The molecule has 2 aromatic rings. The van der Waals surface area contributed by atoms with Crippen LogP contribution in [-0.4, -0.2) is 55.5 Å². The Hall–Kier alpha value is -2.02. The first-order chi connectivity index (χ1) is 13.5. The average molecular weight is 408 g/mol. The zero-order valence-electron chi connectivity index (χ0n) is 15.8. The number of nitrogens with one attached hydrogen (secondary N) is 1. The molecule has 2 aromatic carbocycles. The fourth-order valence-corrected chi connectivity index (χ4v) is 3.73. The van der Waals surface area contributed by atoms with Gasteiger partial charge < -0.3 is 10.2 Å². The number of nitrogens with zero attached hydrogens (tertiary/aromatic N) is 2. The Labute approximate surface area is 169 Å². The SMILES string of the molecule is CN1CCN(CCCNC(=O)c2cc(F)c(F)cc2Cl)[C@@H](c2ccccc2)C1. The van der Waals surface area contributed by atoms with Gasteiger partial charge in [0, 0.05) is 38.8 Å². The molecule has 4 nitrogen and oxygen atoms in total. The average Bonchev–Trinajstić information content (AvgIpc) is 2.69. The van der Waals surface area contributed by atoms with Crippen LogP contribution < -0.4 is 5.32 Å². The van der Waals surface area contributed by atoms with Crippen LogP contribution in [0.5, 0.6) is 0 Å². The van der Waals surface area contributed by atoms with Crippen molar-refractivity contribution in [2.24, 2.45) is 0 Å². The number of halogens is 3. The van der Waals surface area contributed by atoms with Crippen LogP contribution >= 0.6 is 11.6 Å². The third-order valence-electron chi connectivity index (χ3n) is 5.04. The van der Waals surface area contributed by atoms with Gasteiger partial charge in [0.15, 0.2) is 11.6 Å².